The van der Waals surface area contributed by atoms with Gasteiger partial charge in [-0.05, 0) is 136 Å². The van der Waals surface area contributed by atoms with Crippen LogP contribution in [0.15, 0.2) is 69.1 Å². The van der Waals surface area contributed by atoms with Crippen molar-refractivity contribution in [2.45, 2.75) is 85.5 Å². The first-order valence-corrected chi connectivity index (χ1v) is 25.4. The van der Waals surface area contributed by atoms with Gasteiger partial charge in [0, 0.05) is 21.2 Å². The third-order valence-electron chi connectivity index (χ3n) is 10.6. The maximum atomic E-state index is 12.1. The summed E-state index contributed by atoms with van der Waals surface area (Å²) in [6, 6.07) is 13.5. The van der Waals surface area contributed by atoms with Gasteiger partial charge in [-0.25, -0.2) is 9.36 Å². The summed E-state index contributed by atoms with van der Waals surface area (Å²) in [7, 11) is -8.75. The molecular formula is C42H38Cl4N4O6S4. The molecule has 0 saturated heterocycles. The van der Waals surface area contributed by atoms with Gasteiger partial charge in [0.25, 0.3) is 0 Å². The molecule has 314 valence electrons. The number of unbranched alkanes of at least 4 members (excludes halogenated alkanes) is 5. The molecule has 2 N–H and O–H groups in total. The topological polar surface area (TPSA) is 144 Å². The Morgan fingerprint density at radius 3 is 1.40 bits per heavy atom. The van der Waals surface area contributed by atoms with E-state index in [2.05, 4.69) is 12.2 Å². The Kier molecular flexibility index (Phi) is 12.9. The fourth-order valence-corrected chi connectivity index (χ4v) is 12.7. The third-order valence-corrected chi connectivity index (χ3v) is 16.7. The van der Waals surface area contributed by atoms with Crippen molar-refractivity contribution in [1.29, 1.82) is 0 Å². The van der Waals surface area contributed by atoms with Crippen LogP contribution in [0.1, 0.15) is 85.0 Å². The average Bonchev–Trinajstić information content (AvgIpc) is 3.92. The fourth-order valence-electron chi connectivity index (χ4n) is 7.83. The molecule has 2 aliphatic rings. The number of hydrogen-bond donors (Lipinski definition) is 2. The number of fused-ring (bicyclic) bond motifs is 6. The van der Waals surface area contributed by atoms with E-state index in [1.807, 2.05) is 12.2 Å². The summed E-state index contributed by atoms with van der Waals surface area (Å²) in [4.78, 5) is 1.51. The number of benzene rings is 2. The van der Waals surface area contributed by atoms with E-state index >= 15 is 0 Å². The number of rotatable bonds is 13. The molecule has 0 amide bonds. The Morgan fingerprint density at radius 1 is 0.600 bits per heavy atom. The molecule has 4 heterocycles. The number of halogens is 4. The predicted octanol–water partition coefficient (Wildman–Crippen LogP) is 12.7. The molecule has 2 aliphatic carbocycles. The number of aromatic nitrogens is 4. The van der Waals surface area contributed by atoms with Crippen LogP contribution < -0.4 is 0 Å². The highest BCUT2D eigenvalue weighted by atomic mass is 35.5. The van der Waals surface area contributed by atoms with Crippen LogP contribution in [-0.2, 0) is 45.9 Å². The summed E-state index contributed by atoms with van der Waals surface area (Å²) in [6.45, 7) is 0. The Balaban J connectivity index is 0.939. The van der Waals surface area contributed by atoms with Crippen molar-refractivity contribution in [2.24, 2.45) is 0 Å². The first-order valence-electron chi connectivity index (χ1n) is 19.4. The SMILES string of the molecule is O=S(=O)(O)c1cc2c(s1)-c1c(c(/C=C/CCCCCC/C=C/c3nn(-c4ccc(Cl)cc4Cl)c4c3CCCc3cc(S(=O)(=O)O)sc3-4)nn1-c1ccc(Cl)cc1Cl)CCC2. The van der Waals surface area contributed by atoms with Crippen molar-refractivity contribution in [3.05, 3.63) is 114 Å². The first kappa shape index (κ1) is 43.4. The average molecular weight is 965 g/mol. The van der Waals surface area contributed by atoms with E-state index in [1.54, 1.807) is 57.9 Å². The Bertz CT molecular complexity index is 2720. The van der Waals surface area contributed by atoms with Gasteiger partial charge >= 0.3 is 20.2 Å². The van der Waals surface area contributed by atoms with Crippen LogP contribution in [0.3, 0.4) is 0 Å². The van der Waals surface area contributed by atoms with E-state index in [4.69, 9.17) is 56.6 Å². The van der Waals surface area contributed by atoms with E-state index in [0.29, 0.717) is 44.3 Å². The van der Waals surface area contributed by atoms with Crippen LogP contribution in [0.25, 0.3) is 44.7 Å². The highest BCUT2D eigenvalue weighted by Gasteiger charge is 2.30. The van der Waals surface area contributed by atoms with E-state index < -0.39 is 20.2 Å². The molecule has 0 unspecified atom stereocenters. The molecule has 60 heavy (non-hydrogen) atoms. The largest absolute Gasteiger partial charge is 0.304 e. The molecule has 4 aromatic heterocycles. The molecule has 6 aromatic rings. The van der Waals surface area contributed by atoms with Gasteiger partial charge in [-0.3, -0.25) is 9.11 Å². The molecule has 0 saturated carbocycles. The molecule has 0 aliphatic heterocycles. The molecule has 0 atom stereocenters. The zero-order valence-electron chi connectivity index (χ0n) is 31.9. The van der Waals surface area contributed by atoms with Gasteiger partial charge in [-0.2, -0.15) is 27.0 Å². The number of nitrogens with zero attached hydrogens (tertiary/aromatic N) is 4. The van der Waals surface area contributed by atoms with Crippen LogP contribution in [0.4, 0.5) is 0 Å². The molecule has 0 bridgehead atoms. The number of hydrogen-bond acceptors (Lipinski definition) is 8. The van der Waals surface area contributed by atoms with Gasteiger partial charge in [-0.1, -0.05) is 71.4 Å². The van der Waals surface area contributed by atoms with Crippen molar-refractivity contribution in [1.82, 2.24) is 19.6 Å². The highest BCUT2D eigenvalue weighted by Crippen LogP contribution is 2.45. The lowest BCUT2D eigenvalue weighted by molar-refractivity contribution is 0.483. The lowest BCUT2D eigenvalue weighted by atomic mass is 10.1. The van der Waals surface area contributed by atoms with Crippen molar-refractivity contribution in [3.8, 4) is 32.5 Å². The number of aryl methyl sites for hydroxylation is 2. The summed E-state index contributed by atoms with van der Waals surface area (Å²) in [5.74, 6) is 0. The summed E-state index contributed by atoms with van der Waals surface area (Å²) < 4.78 is 71.4. The second-order valence-corrected chi connectivity index (χ2v) is 21.8. The quantitative estimate of drug-likeness (QED) is 0.0860. The molecule has 8 rings (SSSR count). The normalized spacial score (nSPS) is 14.3. The van der Waals surface area contributed by atoms with Crippen LogP contribution in [0.2, 0.25) is 20.1 Å². The zero-order chi connectivity index (χ0) is 42.3. The molecule has 0 spiro atoms. The fraction of sp³-hybridized carbons (Fsp3) is 0.286. The minimum absolute atomic E-state index is 0.0936. The van der Waals surface area contributed by atoms with E-state index in [1.165, 1.54) is 0 Å². The summed E-state index contributed by atoms with van der Waals surface area (Å²) in [5, 5.41) is 11.8. The molecule has 10 nitrogen and oxygen atoms in total. The smallest absolute Gasteiger partial charge is 0.281 e. The standard InChI is InChI=1S/C42H38Cl4N4O6S4/c43-27-17-19-35(31(45)23-27)49-39-29(13-9-11-25-21-37(57-41(25)39)59(51,52)53)33(47-49)15-7-5-3-1-2-4-6-8-16-34-30-14-10-12-26-22-38(60(54,55)56)58-42(26)40(30)50(48-34)36-20-18-28(44)24-32(36)46/h7-8,15-24H,1-6,9-14H2,(H,51,52,53)(H,54,55,56)/b15-7+,16-8+. The number of allylic oxidation sites excluding steroid dienone is 2. The summed E-state index contributed by atoms with van der Waals surface area (Å²) in [5.41, 5.74) is 8.10. The Morgan fingerprint density at radius 2 is 1.02 bits per heavy atom. The van der Waals surface area contributed by atoms with Crippen LogP contribution in [0.5, 0.6) is 0 Å². The molecule has 18 heteroatoms. The van der Waals surface area contributed by atoms with Crippen molar-refractivity contribution in [2.75, 3.05) is 0 Å². The van der Waals surface area contributed by atoms with Gasteiger partial charge in [-0.15, -0.1) is 22.7 Å². The van der Waals surface area contributed by atoms with E-state index in [0.717, 1.165) is 142 Å². The number of thiophene rings is 2. The van der Waals surface area contributed by atoms with Gasteiger partial charge in [0.1, 0.15) is 8.42 Å². The Hall–Kier alpha value is -3.28. The van der Waals surface area contributed by atoms with Gasteiger partial charge < -0.3 is 0 Å². The van der Waals surface area contributed by atoms with Crippen molar-refractivity contribution < 1.29 is 25.9 Å². The maximum absolute atomic E-state index is 12.1. The molecule has 0 fully saturated rings. The lowest BCUT2D eigenvalue weighted by Crippen LogP contribution is -2.00. The minimum atomic E-state index is -4.37. The minimum Gasteiger partial charge on any atom is -0.281 e. The summed E-state index contributed by atoms with van der Waals surface area (Å²) >= 11 is 27.8. The van der Waals surface area contributed by atoms with E-state index in [9.17, 15) is 25.9 Å². The maximum Gasteiger partial charge on any atom is 0.304 e. The summed E-state index contributed by atoms with van der Waals surface area (Å²) in [6.07, 6.45) is 18.5. The lowest BCUT2D eigenvalue weighted by Gasteiger charge is -2.10. The van der Waals surface area contributed by atoms with Gasteiger partial charge in [0.2, 0.25) is 0 Å². The second-order valence-electron chi connectivity index (χ2n) is 14.7. The molecular weight excluding hydrogens is 927 g/mol. The monoisotopic (exact) mass is 962 g/mol. The second kappa shape index (κ2) is 17.8. The van der Waals surface area contributed by atoms with Crippen molar-refractivity contribution in [3.63, 3.8) is 0 Å². The first-order chi connectivity index (χ1) is 28.7. The van der Waals surface area contributed by atoms with Crippen molar-refractivity contribution >= 4 is 101 Å². The molecule has 2 aromatic carbocycles. The van der Waals surface area contributed by atoms with Gasteiger partial charge in [0.15, 0.2) is 0 Å². The third kappa shape index (κ3) is 9.10. The highest BCUT2D eigenvalue weighted by molar-refractivity contribution is 7.88. The Labute approximate surface area is 376 Å². The van der Waals surface area contributed by atoms with Crippen LogP contribution in [0, 0.1) is 0 Å². The van der Waals surface area contributed by atoms with Crippen LogP contribution in [-0.4, -0.2) is 45.5 Å². The van der Waals surface area contributed by atoms with Crippen LogP contribution >= 0.6 is 69.1 Å². The zero-order valence-corrected chi connectivity index (χ0v) is 38.2. The van der Waals surface area contributed by atoms with Gasteiger partial charge in [0.05, 0.1) is 54.0 Å². The molecule has 0 radical (unpaired) electrons. The van der Waals surface area contributed by atoms with E-state index in [-0.39, 0.29) is 8.42 Å². The predicted molar refractivity (Wildman–Crippen MR) is 243 cm³/mol.